The molecule has 0 saturated heterocycles. The Morgan fingerprint density at radius 3 is 2.60 bits per heavy atom. The molecule has 1 aromatic heterocycles. The lowest BCUT2D eigenvalue weighted by molar-refractivity contribution is -0.302. The Morgan fingerprint density at radius 1 is 1.44 bits per heavy atom. The molecule has 0 radical (unpaired) electrons. The normalized spacial score (nSPS) is 23.8. The van der Waals surface area contributed by atoms with Gasteiger partial charge in [0.1, 0.15) is 12.2 Å². The maximum absolute atomic E-state index is 13.0. The fourth-order valence-electron chi connectivity index (χ4n) is 2.61. The third-order valence-corrected chi connectivity index (χ3v) is 4.84. The van der Waals surface area contributed by atoms with Crippen molar-refractivity contribution < 1.29 is 31.9 Å². The summed E-state index contributed by atoms with van der Waals surface area (Å²) in [5.41, 5.74) is -3.69. The topological polar surface area (TPSA) is 70.7 Å². The number of aliphatic hydroxyl groups is 1. The van der Waals surface area contributed by atoms with Crippen molar-refractivity contribution in [1.29, 1.82) is 0 Å². The zero-order valence-corrected chi connectivity index (χ0v) is 14.1. The van der Waals surface area contributed by atoms with Gasteiger partial charge in [-0.3, -0.25) is 9.48 Å². The summed E-state index contributed by atoms with van der Waals surface area (Å²) in [7, 11) is 0. The molecule has 1 aliphatic carbocycles. The molecular formula is C13H12BrF5N4O2. The molecule has 0 bridgehead atoms. The standard InChI is InChI=1S/C13H12BrF5N4O2/c14-8-9(11(15)16)21-22(10(8)6-1-2-6)5-7(24)23-12(25,3-4-20-23)13(17,18)19/h4,6,11,25H,1-3,5H2. The molecule has 1 N–H and O–H groups in total. The van der Waals surface area contributed by atoms with Crippen LogP contribution in [0, 0.1) is 0 Å². The van der Waals surface area contributed by atoms with Gasteiger partial charge in [-0.1, -0.05) is 0 Å². The number of carbonyl (C=O) groups is 1. The van der Waals surface area contributed by atoms with Gasteiger partial charge < -0.3 is 5.11 Å². The molecule has 1 atom stereocenters. The second-order valence-electron chi connectivity index (χ2n) is 5.84. The van der Waals surface area contributed by atoms with Crippen LogP contribution in [0.2, 0.25) is 0 Å². The number of carbonyl (C=O) groups excluding carboxylic acids is 1. The van der Waals surface area contributed by atoms with Crippen molar-refractivity contribution in [3.05, 3.63) is 15.9 Å². The van der Waals surface area contributed by atoms with Crippen LogP contribution in [0.4, 0.5) is 22.0 Å². The number of halogens is 6. The van der Waals surface area contributed by atoms with Crippen LogP contribution in [0.3, 0.4) is 0 Å². The average Bonchev–Trinajstić information content (AvgIpc) is 3.15. The van der Waals surface area contributed by atoms with Crippen LogP contribution >= 0.6 is 15.9 Å². The van der Waals surface area contributed by atoms with E-state index in [0.29, 0.717) is 18.5 Å². The minimum Gasteiger partial charge on any atom is -0.362 e. The minimum atomic E-state index is -5.11. The van der Waals surface area contributed by atoms with Crippen LogP contribution in [-0.4, -0.2) is 43.9 Å². The van der Waals surface area contributed by atoms with Gasteiger partial charge in [0.25, 0.3) is 18.1 Å². The Hall–Kier alpha value is -1.56. The van der Waals surface area contributed by atoms with Gasteiger partial charge in [-0.25, -0.2) is 8.78 Å². The van der Waals surface area contributed by atoms with E-state index in [0.717, 1.165) is 10.9 Å². The van der Waals surface area contributed by atoms with Crippen molar-refractivity contribution in [1.82, 2.24) is 14.8 Å². The summed E-state index contributed by atoms with van der Waals surface area (Å²) < 4.78 is 66.1. The Morgan fingerprint density at radius 2 is 2.08 bits per heavy atom. The number of hydrogen-bond donors (Lipinski definition) is 1. The van der Waals surface area contributed by atoms with Crippen molar-refractivity contribution >= 4 is 28.1 Å². The van der Waals surface area contributed by atoms with Gasteiger partial charge in [0.2, 0.25) is 0 Å². The smallest absolute Gasteiger partial charge is 0.362 e. The molecule has 1 amide bonds. The predicted molar refractivity (Wildman–Crippen MR) is 77.8 cm³/mol. The Bertz CT molecular complexity index is 731. The van der Waals surface area contributed by atoms with E-state index in [9.17, 15) is 31.9 Å². The molecule has 138 valence electrons. The number of alkyl halides is 5. The average molecular weight is 431 g/mol. The molecule has 12 heteroatoms. The van der Waals surface area contributed by atoms with Crippen molar-refractivity contribution in [3.8, 4) is 0 Å². The lowest BCUT2D eigenvalue weighted by Crippen LogP contribution is -2.57. The predicted octanol–water partition coefficient (Wildman–Crippen LogP) is 2.93. The first kappa shape index (κ1) is 18.2. The Kier molecular flexibility index (Phi) is 4.38. The van der Waals surface area contributed by atoms with Gasteiger partial charge in [0.15, 0.2) is 0 Å². The van der Waals surface area contributed by atoms with E-state index in [-0.39, 0.29) is 15.4 Å². The van der Waals surface area contributed by atoms with Crippen LogP contribution in [-0.2, 0) is 11.3 Å². The van der Waals surface area contributed by atoms with Crippen LogP contribution in [0.5, 0.6) is 0 Å². The van der Waals surface area contributed by atoms with Crippen molar-refractivity contribution in [3.63, 3.8) is 0 Å². The molecule has 1 fully saturated rings. The fourth-order valence-corrected chi connectivity index (χ4v) is 3.39. The summed E-state index contributed by atoms with van der Waals surface area (Å²) in [6, 6.07) is 0. The molecule has 2 heterocycles. The van der Waals surface area contributed by atoms with Gasteiger partial charge in [0.05, 0.1) is 10.2 Å². The summed E-state index contributed by atoms with van der Waals surface area (Å²) in [4.78, 5) is 12.3. The number of hydrazone groups is 1. The highest BCUT2D eigenvalue weighted by atomic mass is 79.9. The van der Waals surface area contributed by atoms with E-state index in [1.807, 2.05) is 0 Å². The molecule has 25 heavy (non-hydrogen) atoms. The minimum absolute atomic E-state index is 0.0498. The number of nitrogens with zero attached hydrogens (tertiary/aromatic N) is 4. The lowest BCUT2D eigenvalue weighted by Gasteiger charge is -2.32. The second kappa shape index (κ2) is 6.01. The van der Waals surface area contributed by atoms with E-state index < -0.39 is 42.9 Å². The van der Waals surface area contributed by atoms with Crippen LogP contribution < -0.4 is 0 Å². The van der Waals surface area contributed by atoms with Gasteiger partial charge in [0, 0.05) is 18.6 Å². The highest BCUT2D eigenvalue weighted by Gasteiger charge is 2.61. The Labute approximate surface area is 146 Å². The lowest BCUT2D eigenvalue weighted by atomic mass is 10.1. The summed E-state index contributed by atoms with van der Waals surface area (Å²) in [5, 5.41) is 16.6. The summed E-state index contributed by atoms with van der Waals surface area (Å²) in [6.07, 6.45) is -6.73. The van der Waals surface area contributed by atoms with Crippen molar-refractivity contribution in [2.75, 3.05) is 0 Å². The number of amides is 1. The van der Waals surface area contributed by atoms with Crippen LogP contribution in [0.15, 0.2) is 9.57 Å². The van der Waals surface area contributed by atoms with Crippen molar-refractivity contribution in [2.24, 2.45) is 5.10 Å². The molecule has 3 rings (SSSR count). The number of aromatic nitrogens is 2. The third kappa shape index (κ3) is 3.05. The van der Waals surface area contributed by atoms with Gasteiger partial charge in [-0.2, -0.15) is 28.4 Å². The maximum Gasteiger partial charge on any atom is 0.438 e. The molecule has 1 saturated carbocycles. The monoisotopic (exact) mass is 430 g/mol. The summed E-state index contributed by atoms with van der Waals surface area (Å²) in [6.45, 7) is -0.743. The molecule has 1 aliphatic heterocycles. The highest BCUT2D eigenvalue weighted by molar-refractivity contribution is 9.10. The summed E-state index contributed by atoms with van der Waals surface area (Å²) in [5.74, 6) is -1.29. The Balaban J connectivity index is 1.89. The van der Waals surface area contributed by atoms with E-state index >= 15 is 0 Å². The van der Waals surface area contributed by atoms with Crippen molar-refractivity contribution in [2.45, 2.75) is 50.1 Å². The first-order chi connectivity index (χ1) is 11.6. The maximum atomic E-state index is 13.0. The van der Waals surface area contributed by atoms with Crippen LogP contribution in [0.25, 0.3) is 0 Å². The molecular weight excluding hydrogens is 419 g/mol. The third-order valence-electron chi connectivity index (χ3n) is 4.03. The second-order valence-corrected chi connectivity index (χ2v) is 6.63. The van der Waals surface area contributed by atoms with Gasteiger partial charge in [-0.05, 0) is 28.8 Å². The molecule has 0 spiro atoms. The SMILES string of the molecule is O=C(Cn1nc(C(F)F)c(Br)c1C1CC1)N1N=CCC1(O)C(F)(F)F. The van der Waals surface area contributed by atoms with Crippen LogP contribution in [0.1, 0.15) is 43.0 Å². The molecule has 0 aromatic carbocycles. The molecule has 1 aromatic rings. The van der Waals surface area contributed by atoms with E-state index in [1.54, 1.807) is 0 Å². The largest absolute Gasteiger partial charge is 0.438 e. The van der Waals surface area contributed by atoms with Gasteiger partial charge >= 0.3 is 6.18 Å². The fraction of sp³-hybridized carbons (Fsp3) is 0.615. The molecule has 2 aliphatic rings. The highest BCUT2D eigenvalue weighted by Crippen LogP contribution is 2.46. The summed E-state index contributed by atoms with van der Waals surface area (Å²) >= 11 is 3.02. The zero-order valence-electron chi connectivity index (χ0n) is 12.5. The van der Waals surface area contributed by atoms with Gasteiger partial charge in [-0.15, -0.1) is 0 Å². The van der Waals surface area contributed by atoms with E-state index in [1.165, 1.54) is 0 Å². The van der Waals surface area contributed by atoms with E-state index in [4.69, 9.17) is 0 Å². The molecule has 1 unspecified atom stereocenters. The first-order valence-corrected chi connectivity index (χ1v) is 8.04. The molecule has 6 nitrogen and oxygen atoms in total. The number of rotatable bonds is 4. The number of hydrogen-bond acceptors (Lipinski definition) is 4. The quantitative estimate of drug-likeness (QED) is 0.746. The zero-order chi connectivity index (χ0) is 18.6. The first-order valence-electron chi connectivity index (χ1n) is 7.25. The van der Waals surface area contributed by atoms with E-state index in [2.05, 4.69) is 26.1 Å².